The fraction of sp³-hybridized carbons (Fsp3) is 0.321. The third-order valence-corrected chi connectivity index (χ3v) is 7.27. The van der Waals surface area contributed by atoms with Gasteiger partial charge in [-0.25, -0.2) is 14.2 Å². The number of hydrogen-bond donors (Lipinski definition) is 1. The number of amides is 2. The van der Waals surface area contributed by atoms with E-state index in [9.17, 15) is 9.18 Å². The maximum atomic E-state index is 14.1. The summed E-state index contributed by atoms with van der Waals surface area (Å²) in [6, 6.07) is 12.6. The summed E-state index contributed by atoms with van der Waals surface area (Å²) < 4.78 is 18.9. The smallest absolute Gasteiger partial charge is 0.326 e. The number of fused-ring (bicyclic) bond motifs is 2. The zero-order valence-electron chi connectivity index (χ0n) is 20.2. The van der Waals surface area contributed by atoms with Crippen LogP contribution in [0.4, 0.5) is 15.0 Å². The van der Waals surface area contributed by atoms with Gasteiger partial charge in [-0.3, -0.25) is 4.90 Å². The Balaban J connectivity index is 1.33. The Kier molecular flexibility index (Phi) is 5.89. The van der Waals surface area contributed by atoms with Crippen LogP contribution in [-0.2, 0) is 0 Å². The molecule has 2 amide bonds. The number of carbonyl (C=O) groups excluding carboxylic acids is 1. The van der Waals surface area contributed by atoms with E-state index in [1.165, 1.54) is 12.1 Å². The topological polar surface area (TPSA) is 74.5 Å². The van der Waals surface area contributed by atoms with Crippen molar-refractivity contribution in [3.8, 4) is 0 Å². The van der Waals surface area contributed by atoms with Crippen molar-refractivity contribution in [2.24, 2.45) is 0 Å². The highest BCUT2D eigenvalue weighted by atomic mass is 19.1. The minimum Gasteiger partial charge on any atom is -0.356 e. The van der Waals surface area contributed by atoms with Crippen molar-refractivity contribution in [3.63, 3.8) is 0 Å². The Hall–Kier alpha value is -3.78. The van der Waals surface area contributed by atoms with Crippen molar-refractivity contribution in [1.82, 2.24) is 20.4 Å². The normalized spacial score (nSPS) is 18.4. The van der Waals surface area contributed by atoms with Gasteiger partial charge in [0.2, 0.25) is 0 Å². The molecule has 4 aromatic rings. The summed E-state index contributed by atoms with van der Waals surface area (Å²) in [4.78, 5) is 22.6. The molecule has 2 aliphatic heterocycles. The largest absolute Gasteiger partial charge is 0.356 e. The molecule has 0 unspecified atom stereocenters. The molecule has 2 aliphatic rings. The van der Waals surface area contributed by atoms with Gasteiger partial charge in [-0.05, 0) is 67.5 Å². The molecule has 6 rings (SSSR count). The van der Waals surface area contributed by atoms with Crippen LogP contribution in [0.15, 0.2) is 59.3 Å². The van der Waals surface area contributed by atoms with Crippen molar-refractivity contribution >= 4 is 39.2 Å². The molecule has 36 heavy (non-hydrogen) atoms. The van der Waals surface area contributed by atoms with Gasteiger partial charge in [-0.15, -0.1) is 0 Å². The van der Waals surface area contributed by atoms with Crippen LogP contribution < -0.4 is 10.2 Å². The van der Waals surface area contributed by atoms with Gasteiger partial charge in [0.15, 0.2) is 5.58 Å². The number of pyridine rings is 1. The summed E-state index contributed by atoms with van der Waals surface area (Å²) in [6.45, 7) is 4.79. The number of anilines is 1. The van der Waals surface area contributed by atoms with Crippen LogP contribution in [-0.4, -0.2) is 53.3 Å². The Bertz CT molecular complexity index is 1470. The zero-order chi connectivity index (χ0) is 24.6. The van der Waals surface area contributed by atoms with Gasteiger partial charge in [-0.1, -0.05) is 29.4 Å². The average molecular weight is 486 g/mol. The number of rotatable bonds is 3. The third-order valence-electron chi connectivity index (χ3n) is 7.27. The van der Waals surface area contributed by atoms with Gasteiger partial charge in [0.05, 0.1) is 6.04 Å². The second-order valence-corrected chi connectivity index (χ2v) is 9.56. The fourth-order valence-corrected chi connectivity index (χ4v) is 5.40. The van der Waals surface area contributed by atoms with Crippen LogP contribution >= 0.6 is 0 Å². The number of hydrogen-bond acceptors (Lipinski definition) is 5. The molecule has 8 heteroatoms. The monoisotopic (exact) mass is 485 g/mol. The molecular formula is C28H28FN5O2. The van der Waals surface area contributed by atoms with Crippen molar-refractivity contribution < 1.29 is 13.7 Å². The standard InChI is InChI=1S/C28H28FN5O2/c1-18-4-2-5-19-9-13-31-27(25(18)19)34(22-6-3-12-30-17-22)28(35)33-14-10-20(11-15-33)26-23-8-7-21(29)16-24(23)36-32-26/h2,4-5,7-10,13,16,22,30H,3,6,11-12,14-15,17H2,1H3/t22-/m1/s1. The van der Waals surface area contributed by atoms with Crippen LogP contribution in [0.3, 0.4) is 0 Å². The fourth-order valence-electron chi connectivity index (χ4n) is 5.40. The molecule has 184 valence electrons. The summed E-state index contributed by atoms with van der Waals surface area (Å²) in [6.07, 6.45) is 6.41. The summed E-state index contributed by atoms with van der Waals surface area (Å²) in [5.74, 6) is 0.373. The van der Waals surface area contributed by atoms with Gasteiger partial charge in [-0.2, -0.15) is 0 Å². The number of aryl methyl sites for hydroxylation is 1. The summed E-state index contributed by atoms with van der Waals surface area (Å²) in [5.41, 5.74) is 3.26. The van der Waals surface area contributed by atoms with Gasteiger partial charge >= 0.3 is 6.03 Å². The predicted octanol–water partition coefficient (Wildman–Crippen LogP) is 5.29. The van der Waals surface area contributed by atoms with Crippen LogP contribution in [0.25, 0.3) is 27.3 Å². The van der Waals surface area contributed by atoms with Crippen LogP contribution in [0, 0.1) is 12.7 Å². The first-order valence-corrected chi connectivity index (χ1v) is 12.5. The molecular weight excluding hydrogens is 457 g/mol. The van der Waals surface area contributed by atoms with Gasteiger partial charge in [0.1, 0.15) is 17.3 Å². The Morgan fingerprint density at radius 2 is 2.17 bits per heavy atom. The third kappa shape index (κ3) is 4.01. The second kappa shape index (κ2) is 9.35. The molecule has 2 aromatic heterocycles. The lowest BCUT2D eigenvalue weighted by atomic mass is 10.0. The lowest BCUT2D eigenvalue weighted by molar-refractivity contribution is 0.205. The average Bonchev–Trinajstić information content (AvgIpc) is 3.33. The highest BCUT2D eigenvalue weighted by Crippen LogP contribution is 2.33. The molecule has 0 aliphatic carbocycles. The molecule has 0 bridgehead atoms. The minimum atomic E-state index is -0.353. The lowest BCUT2D eigenvalue weighted by Crippen LogP contribution is -2.54. The second-order valence-electron chi connectivity index (χ2n) is 9.56. The van der Waals surface area contributed by atoms with Crippen molar-refractivity contribution in [3.05, 3.63) is 71.8 Å². The molecule has 1 saturated heterocycles. The summed E-state index contributed by atoms with van der Waals surface area (Å²) in [7, 11) is 0. The maximum Gasteiger partial charge on any atom is 0.326 e. The van der Waals surface area contributed by atoms with E-state index in [0.717, 1.165) is 64.7 Å². The lowest BCUT2D eigenvalue weighted by Gasteiger charge is -2.38. The number of benzene rings is 2. The van der Waals surface area contributed by atoms with E-state index in [-0.39, 0.29) is 17.9 Å². The quantitative estimate of drug-likeness (QED) is 0.427. The molecule has 0 radical (unpaired) electrons. The SMILES string of the molecule is Cc1cccc2ccnc(N(C(=O)N3CC=C(c4noc5cc(F)ccc45)CC3)[C@@H]3CCCNC3)c12. The molecule has 1 N–H and O–H groups in total. The van der Waals surface area contributed by atoms with E-state index < -0.39 is 0 Å². The van der Waals surface area contributed by atoms with Crippen molar-refractivity contribution in [2.75, 3.05) is 31.1 Å². The van der Waals surface area contributed by atoms with E-state index in [2.05, 4.69) is 29.5 Å². The minimum absolute atomic E-state index is 0.0312. The van der Waals surface area contributed by atoms with E-state index in [0.29, 0.717) is 25.1 Å². The molecule has 7 nitrogen and oxygen atoms in total. The molecule has 0 saturated carbocycles. The first-order chi connectivity index (χ1) is 17.6. The van der Waals surface area contributed by atoms with E-state index in [1.807, 2.05) is 28.0 Å². The molecule has 4 heterocycles. The number of nitrogens with zero attached hydrogens (tertiary/aromatic N) is 4. The number of nitrogens with one attached hydrogen (secondary N) is 1. The highest BCUT2D eigenvalue weighted by molar-refractivity contribution is 6.03. The molecule has 1 atom stereocenters. The van der Waals surface area contributed by atoms with Crippen LogP contribution in [0.5, 0.6) is 0 Å². The predicted molar refractivity (Wildman–Crippen MR) is 138 cm³/mol. The van der Waals surface area contributed by atoms with Crippen molar-refractivity contribution in [2.45, 2.75) is 32.2 Å². The zero-order valence-corrected chi connectivity index (χ0v) is 20.2. The first kappa shape index (κ1) is 22.7. The van der Waals surface area contributed by atoms with Crippen LogP contribution in [0.2, 0.25) is 0 Å². The number of piperidine rings is 1. The van der Waals surface area contributed by atoms with E-state index >= 15 is 0 Å². The highest BCUT2D eigenvalue weighted by Gasteiger charge is 2.33. The van der Waals surface area contributed by atoms with E-state index in [4.69, 9.17) is 9.51 Å². The Morgan fingerprint density at radius 3 is 2.97 bits per heavy atom. The number of aromatic nitrogens is 2. The first-order valence-electron chi connectivity index (χ1n) is 12.5. The Labute approximate surface area is 208 Å². The molecule has 2 aromatic carbocycles. The van der Waals surface area contributed by atoms with Gasteiger partial charge in [0, 0.05) is 42.7 Å². The molecule has 1 fully saturated rings. The molecule has 0 spiro atoms. The summed E-state index contributed by atoms with van der Waals surface area (Å²) in [5, 5.41) is 10.5. The number of urea groups is 1. The number of carbonyl (C=O) groups is 1. The van der Waals surface area contributed by atoms with Crippen molar-refractivity contribution in [1.29, 1.82) is 0 Å². The van der Waals surface area contributed by atoms with E-state index in [1.54, 1.807) is 12.3 Å². The van der Waals surface area contributed by atoms with Gasteiger partial charge < -0.3 is 14.7 Å². The van der Waals surface area contributed by atoms with Gasteiger partial charge in [0.25, 0.3) is 0 Å². The number of halogens is 1. The van der Waals surface area contributed by atoms with Crippen LogP contribution in [0.1, 0.15) is 30.5 Å². The Morgan fingerprint density at radius 1 is 1.25 bits per heavy atom. The summed E-state index contributed by atoms with van der Waals surface area (Å²) >= 11 is 0. The maximum absolute atomic E-state index is 14.1.